The van der Waals surface area contributed by atoms with Gasteiger partial charge in [0.1, 0.15) is 5.82 Å². The molecule has 1 aromatic carbocycles. The molecular formula is C16H21ClFN5O2. The molecule has 0 bridgehead atoms. The van der Waals surface area contributed by atoms with Gasteiger partial charge in [0.2, 0.25) is 0 Å². The van der Waals surface area contributed by atoms with E-state index in [1.165, 1.54) is 12.1 Å². The van der Waals surface area contributed by atoms with Gasteiger partial charge in [0.15, 0.2) is 5.96 Å². The third kappa shape index (κ3) is 5.06. The number of hydrogen-bond donors (Lipinski definition) is 4. The molecule has 1 aromatic rings. The number of nitrogens with one attached hydrogen (secondary N) is 2. The molecule has 3 atom stereocenters. The molecule has 9 heteroatoms. The van der Waals surface area contributed by atoms with Gasteiger partial charge in [0, 0.05) is 5.69 Å². The van der Waals surface area contributed by atoms with Gasteiger partial charge in [-0.3, -0.25) is 9.59 Å². The third-order valence-corrected chi connectivity index (χ3v) is 4.47. The van der Waals surface area contributed by atoms with Crippen molar-refractivity contribution in [2.24, 2.45) is 22.4 Å². The SMILES string of the molecule is CC1CCC[C@H](NC(=O)C(=O)Nc2ccc(Cl)c(F)c2)[C@H]1N=C(N)N. The fourth-order valence-corrected chi connectivity index (χ4v) is 3.06. The standard InChI is InChI=1S/C16H21ClFN5O2/c1-8-3-2-4-12(13(8)23-16(19)20)22-15(25)14(24)21-9-5-6-10(17)11(18)7-9/h5-8,12-13H,2-4H2,1H3,(H,21,24)(H,22,25)(H4,19,20,23)/t8?,12-,13-/m0/s1. The average Bonchev–Trinajstić information content (AvgIpc) is 2.54. The van der Waals surface area contributed by atoms with Gasteiger partial charge >= 0.3 is 11.8 Å². The molecule has 1 unspecified atom stereocenters. The Labute approximate surface area is 150 Å². The highest BCUT2D eigenvalue weighted by Gasteiger charge is 2.33. The van der Waals surface area contributed by atoms with E-state index in [-0.39, 0.29) is 34.7 Å². The van der Waals surface area contributed by atoms with Gasteiger partial charge in [-0.25, -0.2) is 9.38 Å². The lowest BCUT2D eigenvalue weighted by Crippen LogP contribution is -2.51. The minimum atomic E-state index is -0.900. The Kier molecular flexibility index (Phi) is 6.19. The first-order valence-electron chi connectivity index (χ1n) is 7.93. The summed E-state index contributed by atoms with van der Waals surface area (Å²) in [5, 5.41) is 4.92. The average molecular weight is 370 g/mol. The van der Waals surface area contributed by atoms with Gasteiger partial charge in [0.05, 0.1) is 17.1 Å². The molecule has 0 heterocycles. The predicted octanol–water partition coefficient (Wildman–Crippen LogP) is 1.36. The van der Waals surface area contributed by atoms with E-state index in [2.05, 4.69) is 15.6 Å². The van der Waals surface area contributed by atoms with Crippen molar-refractivity contribution in [2.45, 2.75) is 38.3 Å². The second-order valence-corrected chi connectivity index (χ2v) is 6.52. The number of hydrogen-bond acceptors (Lipinski definition) is 3. The van der Waals surface area contributed by atoms with E-state index >= 15 is 0 Å². The fraction of sp³-hybridized carbons (Fsp3) is 0.438. The molecule has 7 nitrogen and oxygen atoms in total. The topological polar surface area (TPSA) is 123 Å². The molecule has 0 aliphatic heterocycles. The zero-order valence-corrected chi connectivity index (χ0v) is 14.5. The molecule has 1 aliphatic rings. The molecular weight excluding hydrogens is 349 g/mol. The summed E-state index contributed by atoms with van der Waals surface area (Å²) in [7, 11) is 0. The van der Waals surface area contributed by atoms with Crippen molar-refractivity contribution in [3.63, 3.8) is 0 Å². The third-order valence-electron chi connectivity index (χ3n) is 4.17. The van der Waals surface area contributed by atoms with Crippen LogP contribution in [0.4, 0.5) is 10.1 Å². The predicted molar refractivity (Wildman–Crippen MR) is 94.6 cm³/mol. The monoisotopic (exact) mass is 369 g/mol. The van der Waals surface area contributed by atoms with Crippen LogP contribution in [0.15, 0.2) is 23.2 Å². The number of carbonyl (C=O) groups excluding carboxylic acids is 2. The summed E-state index contributed by atoms with van der Waals surface area (Å²) in [4.78, 5) is 28.4. The lowest BCUT2D eigenvalue weighted by molar-refractivity contribution is -0.136. The summed E-state index contributed by atoms with van der Waals surface area (Å²) >= 11 is 5.58. The van der Waals surface area contributed by atoms with Crippen LogP contribution in [0.2, 0.25) is 5.02 Å². The number of amides is 2. The number of guanidine groups is 1. The zero-order chi connectivity index (χ0) is 18.6. The Balaban J connectivity index is 2.02. The number of benzene rings is 1. The van der Waals surface area contributed by atoms with Crippen LogP contribution in [0.3, 0.4) is 0 Å². The van der Waals surface area contributed by atoms with Crippen molar-refractivity contribution in [2.75, 3.05) is 5.32 Å². The summed E-state index contributed by atoms with van der Waals surface area (Å²) in [6.45, 7) is 1.99. The molecule has 6 N–H and O–H groups in total. The number of aliphatic imine (C=N–C) groups is 1. The molecule has 2 amide bonds. The van der Waals surface area contributed by atoms with E-state index in [9.17, 15) is 14.0 Å². The highest BCUT2D eigenvalue weighted by Crippen LogP contribution is 2.27. The lowest BCUT2D eigenvalue weighted by atomic mass is 9.82. The molecule has 1 fully saturated rings. The molecule has 0 radical (unpaired) electrons. The van der Waals surface area contributed by atoms with E-state index < -0.39 is 17.6 Å². The molecule has 2 rings (SSSR count). The molecule has 1 aliphatic carbocycles. The summed E-state index contributed by atoms with van der Waals surface area (Å²) in [6, 6.07) is 3.11. The molecule has 136 valence electrons. The van der Waals surface area contributed by atoms with Crippen LogP contribution in [0.1, 0.15) is 26.2 Å². The van der Waals surface area contributed by atoms with Gasteiger partial charge in [-0.15, -0.1) is 0 Å². The van der Waals surface area contributed by atoms with Crippen LogP contribution >= 0.6 is 11.6 Å². The number of rotatable bonds is 3. The Hall–Kier alpha value is -2.35. The molecule has 0 spiro atoms. The van der Waals surface area contributed by atoms with Gasteiger partial charge in [-0.2, -0.15) is 0 Å². The van der Waals surface area contributed by atoms with Crippen LogP contribution in [0, 0.1) is 11.7 Å². The van der Waals surface area contributed by atoms with Crippen molar-refractivity contribution >= 4 is 35.1 Å². The molecule has 1 saturated carbocycles. The van der Waals surface area contributed by atoms with Crippen LogP contribution in [-0.2, 0) is 9.59 Å². The van der Waals surface area contributed by atoms with E-state index in [4.69, 9.17) is 23.1 Å². The van der Waals surface area contributed by atoms with E-state index in [0.29, 0.717) is 6.42 Å². The quantitative estimate of drug-likeness (QED) is 0.365. The summed E-state index contributed by atoms with van der Waals surface area (Å²) in [5.74, 6) is -2.30. The second-order valence-electron chi connectivity index (χ2n) is 6.12. The fourth-order valence-electron chi connectivity index (χ4n) is 2.94. The first-order valence-corrected chi connectivity index (χ1v) is 8.31. The van der Waals surface area contributed by atoms with Crippen LogP contribution < -0.4 is 22.1 Å². The van der Waals surface area contributed by atoms with Gasteiger partial charge in [-0.1, -0.05) is 24.9 Å². The highest BCUT2D eigenvalue weighted by molar-refractivity contribution is 6.39. The highest BCUT2D eigenvalue weighted by atomic mass is 35.5. The van der Waals surface area contributed by atoms with E-state index in [1.807, 2.05) is 6.92 Å². The normalized spacial score (nSPS) is 22.8. The van der Waals surface area contributed by atoms with Crippen LogP contribution in [-0.4, -0.2) is 29.9 Å². The zero-order valence-electron chi connectivity index (χ0n) is 13.8. The van der Waals surface area contributed by atoms with Gasteiger partial charge < -0.3 is 22.1 Å². The molecule has 0 saturated heterocycles. The number of anilines is 1. The molecule has 25 heavy (non-hydrogen) atoms. The maximum Gasteiger partial charge on any atom is 0.313 e. The minimum absolute atomic E-state index is 0.0564. The maximum atomic E-state index is 13.4. The lowest BCUT2D eigenvalue weighted by Gasteiger charge is -2.34. The van der Waals surface area contributed by atoms with Crippen molar-refractivity contribution in [1.29, 1.82) is 0 Å². The van der Waals surface area contributed by atoms with Crippen molar-refractivity contribution in [3.05, 3.63) is 29.0 Å². The van der Waals surface area contributed by atoms with Crippen molar-refractivity contribution in [3.8, 4) is 0 Å². The first-order chi connectivity index (χ1) is 11.8. The van der Waals surface area contributed by atoms with Gasteiger partial charge in [0.25, 0.3) is 0 Å². The largest absolute Gasteiger partial charge is 0.370 e. The Morgan fingerprint density at radius 1 is 1.28 bits per heavy atom. The number of nitrogens with zero attached hydrogens (tertiary/aromatic N) is 1. The van der Waals surface area contributed by atoms with Crippen LogP contribution in [0.5, 0.6) is 0 Å². The van der Waals surface area contributed by atoms with Gasteiger partial charge in [-0.05, 0) is 37.0 Å². The van der Waals surface area contributed by atoms with E-state index in [1.54, 1.807) is 0 Å². The summed E-state index contributed by atoms with van der Waals surface area (Å²) in [6.07, 6.45) is 2.50. The Bertz CT molecular complexity index is 693. The van der Waals surface area contributed by atoms with Crippen molar-refractivity contribution < 1.29 is 14.0 Å². The Morgan fingerprint density at radius 2 is 2.00 bits per heavy atom. The minimum Gasteiger partial charge on any atom is -0.370 e. The number of carbonyl (C=O) groups is 2. The smallest absolute Gasteiger partial charge is 0.313 e. The van der Waals surface area contributed by atoms with E-state index in [0.717, 1.165) is 18.9 Å². The Morgan fingerprint density at radius 3 is 2.64 bits per heavy atom. The molecule has 0 aromatic heterocycles. The summed E-state index contributed by atoms with van der Waals surface area (Å²) < 4.78 is 13.4. The number of nitrogens with two attached hydrogens (primary N) is 2. The first kappa shape index (κ1) is 19.0. The van der Waals surface area contributed by atoms with Crippen molar-refractivity contribution in [1.82, 2.24) is 5.32 Å². The number of halogens is 2. The summed E-state index contributed by atoms with van der Waals surface area (Å²) in [5.41, 5.74) is 11.1. The van der Waals surface area contributed by atoms with Crippen LogP contribution in [0.25, 0.3) is 0 Å². The maximum absolute atomic E-state index is 13.4. The second kappa shape index (κ2) is 8.15.